The van der Waals surface area contributed by atoms with E-state index in [2.05, 4.69) is 12.2 Å². The summed E-state index contributed by atoms with van der Waals surface area (Å²) in [5, 5.41) is 4.16. The third-order valence-electron chi connectivity index (χ3n) is 2.61. The standard InChI is InChI=1S/C12H16ClNO.ClH/c1-9-7-14-12(15-8-9)6-10-2-4-11(13)5-3-10;/h2-5,9,12,14H,6-8H2,1H3;1H. The van der Waals surface area contributed by atoms with Crippen molar-refractivity contribution in [2.24, 2.45) is 5.92 Å². The van der Waals surface area contributed by atoms with Crippen LogP contribution in [-0.4, -0.2) is 19.4 Å². The van der Waals surface area contributed by atoms with E-state index in [1.54, 1.807) is 0 Å². The largest absolute Gasteiger partial charge is 0.363 e. The van der Waals surface area contributed by atoms with Crippen LogP contribution < -0.4 is 5.32 Å². The van der Waals surface area contributed by atoms with Crippen LogP contribution in [-0.2, 0) is 11.2 Å². The molecule has 16 heavy (non-hydrogen) atoms. The molecular weight excluding hydrogens is 245 g/mol. The molecule has 1 heterocycles. The van der Waals surface area contributed by atoms with Gasteiger partial charge in [-0.15, -0.1) is 12.4 Å². The molecule has 0 aromatic heterocycles. The van der Waals surface area contributed by atoms with Crippen molar-refractivity contribution in [3.8, 4) is 0 Å². The van der Waals surface area contributed by atoms with E-state index in [9.17, 15) is 0 Å². The number of rotatable bonds is 2. The Hall–Kier alpha value is -0.280. The smallest absolute Gasteiger partial charge is 0.112 e. The molecule has 4 heteroatoms. The number of benzene rings is 1. The first-order valence-electron chi connectivity index (χ1n) is 5.33. The highest BCUT2D eigenvalue weighted by molar-refractivity contribution is 6.30. The van der Waals surface area contributed by atoms with Gasteiger partial charge in [0.2, 0.25) is 0 Å². The Kier molecular flexibility index (Phi) is 5.56. The molecule has 0 radical (unpaired) electrons. The molecule has 1 saturated heterocycles. The van der Waals surface area contributed by atoms with E-state index in [-0.39, 0.29) is 18.6 Å². The van der Waals surface area contributed by atoms with Crippen LogP contribution in [0.5, 0.6) is 0 Å². The van der Waals surface area contributed by atoms with Gasteiger partial charge < -0.3 is 4.74 Å². The van der Waals surface area contributed by atoms with Gasteiger partial charge in [-0.1, -0.05) is 30.7 Å². The summed E-state index contributed by atoms with van der Waals surface area (Å²) in [6.45, 7) is 4.08. The Morgan fingerprint density at radius 2 is 2.06 bits per heavy atom. The lowest BCUT2D eigenvalue weighted by Crippen LogP contribution is -2.43. The summed E-state index contributed by atoms with van der Waals surface area (Å²) in [6, 6.07) is 7.93. The van der Waals surface area contributed by atoms with E-state index in [1.807, 2.05) is 24.3 Å². The topological polar surface area (TPSA) is 21.3 Å². The molecule has 0 amide bonds. The average molecular weight is 262 g/mol. The van der Waals surface area contributed by atoms with Gasteiger partial charge in [0, 0.05) is 18.0 Å². The molecule has 0 bridgehead atoms. The van der Waals surface area contributed by atoms with Crippen LogP contribution in [0.25, 0.3) is 0 Å². The lowest BCUT2D eigenvalue weighted by Gasteiger charge is -2.28. The van der Waals surface area contributed by atoms with Gasteiger partial charge in [0.15, 0.2) is 0 Å². The van der Waals surface area contributed by atoms with Gasteiger partial charge in [0.05, 0.1) is 6.61 Å². The minimum atomic E-state index is 0. The highest BCUT2D eigenvalue weighted by Crippen LogP contribution is 2.13. The second-order valence-corrected chi connectivity index (χ2v) is 4.60. The molecule has 2 rings (SSSR count). The Bertz CT molecular complexity index is 307. The number of ether oxygens (including phenoxy) is 1. The van der Waals surface area contributed by atoms with Gasteiger partial charge in [0.1, 0.15) is 6.23 Å². The second kappa shape index (κ2) is 6.45. The van der Waals surface area contributed by atoms with Crippen LogP contribution in [0.2, 0.25) is 5.02 Å². The van der Waals surface area contributed by atoms with E-state index in [1.165, 1.54) is 5.56 Å². The SMILES string of the molecule is CC1CNC(Cc2ccc(Cl)cc2)OC1.Cl. The Balaban J connectivity index is 0.00000128. The molecule has 1 aliphatic heterocycles. The first kappa shape index (κ1) is 13.8. The lowest BCUT2D eigenvalue weighted by molar-refractivity contribution is -0.0228. The van der Waals surface area contributed by atoms with Crippen LogP contribution in [0.4, 0.5) is 0 Å². The number of halogens is 2. The van der Waals surface area contributed by atoms with Crippen LogP contribution in [0, 0.1) is 5.92 Å². The zero-order valence-electron chi connectivity index (χ0n) is 9.28. The molecular formula is C12H17Cl2NO. The predicted molar refractivity (Wildman–Crippen MR) is 69.3 cm³/mol. The first-order valence-corrected chi connectivity index (χ1v) is 5.71. The summed E-state index contributed by atoms with van der Waals surface area (Å²) in [4.78, 5) is 0. The molecule has 1 N–H and O–H groups in total. The summed E-state index contributed by atoms with van der Waals surface area (Å²) in [7, 11) is 0. The fourth-order valence-corrected chi connectivity index (χ4v) is 1.82. The van der Waals surface area contributed by atoms with Crippen molar-refractivity contribution in [2.75, 3.05) is 13.2 Å². The summed E-state index contributed by atoms with van der Waals surface area (Å²) < 4.78 is 5.68. The Morgan fingerprint density at radius 3 is 2.62 bits per heavy atom. The highest BCUT2D eigenvalue weighted by Gasteiger charge is 2.17. The van der Waals surface area contributed by atoms with Crippen molar-refractivity contribution in [3.63, 3.8) is 0 Å². The van der Waals surface area contributed by atoms with Gasteiger partial charge in [-0.25, -0.2) is 0 Å². The van der Waals surface area contributed by atoms with Crippen molar-refractivity contribution in [2.45, 2.75) is 19.6 Å². The van der Waals surface area contributed by atoms with Crippen LogP contribution in [0.1, 0.15) is 12.5 Å². The summed E-state index contributed by atoms with van der Waals surface area (Å²) in [5.74, 6) is 0.617. The summed E-state index contributed by atoms with van der Waals surface area (Å²) in [5.41, 5.74) is 1.26. The molecule has 0 aliphatic carbocycles. The van der Waals surface area contributed by atoms with Crippen LogP contribution in [0.15, 0.2) is 24.3 Å². The fraction of sp³-hybridized carbons (Fsp3) is 0.500. The molecule has 2 nitrogen and oxygen atoms in total. The zero-order valence-corrected chi connectivity index (χ0v) is 10.9. The van der Waals surface area contributed by atoms with Crippen molar-refractivity contribution >= 4 is 24.0 Å². The third-order valence-corrected chi connectivity index (χ3v) is 2.86. The van der Waals surface area contributed by atoms with E-state index >= 15 is 0 Å². The Labute approximate surface area is 108 Å². The van der Waals surface area contributed by atoms with Crippen molar-refractivity contribution in [3.05, 3.63) is 34.9 Å². The normalized spacial score (nSPS) is 24.9. The maximum absolute atomic E-state index is 5.83. The average Bonchev–Trinajstić information content (AvgIpc) is 2.25. The molecule has 90 valence electrons. The maximum atomic E-state index is 5.83. The van der Waals surface area contributed by atoms with E-state index < -0.39 is 0 Å². The molecule has 2 unspecified atom stereocenters. The van der Waals surface area contributed by atoms with E-state index in [0.717, 1.165) is 24.6 Å². The maximum Gasteiger partial charge on any atom is 0.112 e. The molecule has 1 aromatic carbocycles. The molecule has 0 spiro atoms. The quantitative estimate of drug-likeness (QED) is 0.884. The monoisotopic (exact) mass is 261 g/mol. The van der Waals surface area contributed by atoms with Gasteiger partial charge in [-0.2, -0.15) is 0 Å². The van der Waals surface area contributed by atoms with E-state index in [0.29, 0.717) is 5.92 Å². The van der Waals surface area contributed by atoms with Gasteiger partial charge in [-0.3, -0.25) is 5.32 Å². The highest BCUT2D eigenvalue weighted by atomic mass is 35.5. The van der Waals surface area contributed by atoms with Crippen LogP contribution >= 0.6 is 24.0 Å². The zero-order chi connectivity index (χ0) is 10.7. The Morgan fingerprint density at radius 1 is 1.38 bits per heavy atom. The van der Waals surface area contributed by atoms with Crippen molar-refractivity contribution in [1.29, 1.82) is 0 Å². The van der Waals surface area contributed by atoms with Crippen molar-refractivity contribution < 1.29 is 4.74 Å². The number of nitrogens with one attached hydrogen (secondary N) is 1. The first-order chi connectivity index (χ1) is 7.24. The van der Waals surface area contributed by atoms with Gasteiger partial charge >= 0.3 is 0 Å². The van der Waals surface area contributed by atoms with Gasteiger partial charge in [0.25, 0.3) is 0 Å². The number of hydrogen-bond donors (Lipinski definition) is 1. The summed E-state index contributed by atoms with van der Waals surface area (Å²) in [6.07, 6.45) is 1.06. The second-order valence-electron chi connectivity index (χ2n) is 4.17. The molecule has 1 aromatic rings. The minimum Gasteiger partial charge on any atom is -0.363 e. The fourth-order valence-electron chi connectivity index (χ4n) is 1.70. The predicted octanol–water partition coefficient (Wildman–Crippen LogP) is 2.89. The summed E-state index contributed by atoms with van der Waals surface area (Å²) >= 11 is 5.83. The number of hydrogen-bond acceptors (Lipinski definition) is 2. The lowest BCUT2D eigenvalue weighted by atomic mass is 10.1. The van der Waals surface area contributed by atoms with E-state index in [4.69, 9.17) is 16.3 Å². The van der Waals surface area contributed by atoms with Crippen molar-refractivity contribution in [1.82, 2.24) is 5.32 Å². The minimum absolute atomic E-state index is 0. The van der Waals surface area contributed by atoms with Crippen LogP contribution in [0.3, 0.4) is 0 Å². The molecule has 1 fully saturated rings. The molecule has 2 atom stereocenters. The van der Waals surface area contributed by atoms with Gasteiger partial charge in [-0.05, 0) is 23.6 Å². The molecule has 1 aliphatic rings. The third kappa shape index (κ3) is 3.95. The molecule has 0 saturated carbocycles.